The Kier molecular flexibility index (Phi) is 3.50. The fourth-order valence-corrected chi connectivity index (χ4v) is 2.33. The third-order valence-corrected chi connectivity index (χ3v) is 3.53. The number of aromatic amines is 1. The highest BCUT2D eigenvalue weighted by atomic mass is 19.1. The zero-order valence-corrected chi connectivity index (χ0v) is 11.1. The van der Waals surface area contributed by atoms with Crippen molar-refractivity contribution in [3.63, 3.8) is 0 Å². The molecule has 1 atom stereocenters. The normalized spacial score (nSPS) is 20.2. The molecular formula is C14H15F2N3O. The van der Waals surface area contributed by atoms with E-state index in [1.165, 1.54) is 12.1 Å². The number of halogens is 2. The van der Waals surface area contributed by atoms with Crippen molar-refractivity contribution in [2.75, 3.05) is 26.8 Å². The predicted octanol–water partition coefficient (Wildman–Crippen LogP) is 2.36. The zero-order valence-electron chi connectivity index (χ0n) is 11.1. The first-order valence-electron chi connectivity index (χ1n) is 6.43. The van der Waals surface area contributed by atoms with Crippen molar-refractivity contribution in [3.05, 3.63) is 41.9 Å². The van der Waals surface area contributed by atoms with Gasteiger partial charge < -0.3 is 9.72 Å². The van der Waals surface area contributed by atoms with E-state index in [4.69, 9.17) is 4.74 Å². The minimum absolute atomic E-state index is 0.0287. The summed E-state index contributed by atoms with van der Waals surface area (Å²) in [7, 11) is 1.99. The van der Waals surface area contributed by atoms with E-state index >= 15 is 0 Å². The van der Waals surface area contributed by atoms with Crippen molar-refractivity contribution in [1.82, 2.24) is 14.9 Å². The lowest BCUT2D eigenvalue weighted by Crippen LogP contribution is -2.37. The number of aromatic nitrogens is 2. The lowest BCUT2D eigenvalue weighted by molar-refractivity contribution is 0.00215. The molecule has 1 aromatic heterocycles. The number of imidazole rings is 1. The number of morpholine rings is 1. The van der Waals surface area contributed by atoms with Gasteiger partial charge in [-0.2, -0.15) is 0 Å². The lowest BCUT2D eigenvalue weighted by atomic mass is 10.1. The maximum atomic E-state index is 13.7. The molecule has 1 aliphatic rings. The molecule has 2 heterocycles. The number of rotatable bonds is 2. The monoisotopic (exact) mass is 279 g/mol. The van der Waals surface area contributed by atoms with Gasteiger partial charge >= 0.3 is 0 Å². The van der Waals surface area contributed by atoms with Gasteiger partial charge in [0.1, 0.15) is 17.5 Å². The van der Waals surface area contributed by atoms with Crippen LogP contribution in [0.1, 0.15) is 11.9 Å². The minimum Gasteiger partial charge on any atom is -0.378 e. The Hall–Kier alpha value is -1.79. The van der Waals surface area contributed by atoms with E-state index in [1.807, 2.05) is 7.05 Å². The highest BCUT2D eigenvalue weighted by Crippen LogP contribution is 2.25. The van der Waals surface area contributed by atoms with Gasteiger partial charge in [0, 0.05) is 18.2 Å². The summed E-state index contributed by atoms with van der Waals surface area (Å²) >= 11 is 0. The van der Waals surface area contributed by atoms with Crippen LogP contribution in [0.5, 0.6) is 0 Å². The number of ether oxygens (including phenoxy) is 1. The van der Waals surface area contributed by atoms with Crippen LogP contribution >= 0.6 is 0 Å². The molecule has 1 saturated heterocycles. The van der Waals surface area contributed by atoms with Gasteiger partial charge in [0.15, 0.2) is 0 Å². The first kappa shape index (κ1) is 13.2. The Morgan fingerprint density at radius 1 is 1.40 bits per heavy atom. The molecule has 20 heavy (non-hydrogen) atoms. The molecular weight excluding hydrogens is 264 g/mol. The largest absolute Gasteiger partial charge is 0.378 e. The van der Waals surface area contributed by atoms with Crippen LogP contribution in [0.25, 0.3) is 11.3 Å². The molecule has 2 aromatic rings. The number of H-pyrrole nitrogens is 1. The number of nitrogens with zero attached hydrogens (tertiary/aromatic N) is 2. The zero-order chi connectivity index (χ0) is 14.1. The van der Waals surface area contributed by atoms with Crippen LogP contribution < -0.4 is 0 Å². The van der Waals surface area contributed by atoms with Gasteiger partial charge in [0.05, 0.1) is 31.1 Å². The Morgan fingerprint density at radius 2 is 2.25 bits per heavy atom. The van der Waals surface area contributed by atoms with Crippen molar-refractivity contribution in [2.45, 2.75) is 6.04 Å². The molecule has 106 valence electrons. The van der Waals surface area contributed by atoms with Gasteiger partial charge in [0.2, 0.25) is 0 Å². The van der Waals surface area contributed by atoms with Gasteiger partial charge in [-0.15, -0.1) is 0 Å². The summed E-state index contributed by atoms with van der Waals surface area (Å²) in [5, 5.41) is 0. The van der Waals surface area contributed by atoms with Gasteiger partial charge in [-0.05, 0) is 19.2 Å². The number of nitrogens with one attached hydrogen (secondary N) is 1. The average molecular weight is 279 g/mol. The molecule has 0 aliphatic carbocycles. The van der Waals surface area contributed by atoms with Gasteiger partial charge in [-0.3, -0.25) is 4.90 Å². The Morgan fingerprint density at radius 3 is 3.00 bits per heavy atom. The quantitative estimate of drug-likeness (QED) is 0.917. The second-order valence-electron chi connectivity index (χ2n) is 4.88. The van der Waals surface area contributed by atoms with Gasteiger partial charge in [-0.25, -0.2) is 13.8 Å². The highest BCUT2D eigenvalue weighted by molar-refractivity contribution is 5.59. The van der Waals surface area contributed by atoms with Crippen LogP contribution in [-0.4, -0.2) is 41.7 Å². The summed E-state index contributed by atoms with van der Waals surface area (Å²) in [4.78, 5) is 9.52. The average Bonchev–Trinajstić information content (AvgIpc) is 2.88. The second-order valence-corrected chi connectivity index (χ2v) is 4.88. The van der Waals surface area contributed by atoms with Crippen molar-refractivity contribution in [1.29, 1.82) is 0 Å². The number of likely N-dealkylation sites (N-methyl/N-ethyl adjacent to an activating group) is 1. The van der Waals surface area contributed by atoms with Crippen molar-refractivity contribution >= 4 is 0 Å². The molecule has 4 nitrogen and oxygen atoms in total. The number of benzene rings is 1. The van der Waals surface area contributed by atoms with E-state index in [1.54, 1.807) is 6.20 Å². The van der Waals surface area contributed by atoms with E-state index in [0.29, 0.717) is 24.5 Å². The molecule has 0 saturated carbocycles. The Labute approximate surface area is 115 Å². The molecule has 1 fully saturated rings. The molecule has 0 radical (unpaired) electrons. The van der Waals surface area contributed by atoms with Crippen LogP contribution in [0, 0.1) is 11.6 Å². The summed E-state index contributed by atoms with van der Waals surface area (Å²) < 4.78 is 32.1. The second kappa shape index (κ2) is 5.30. The molecule has 0 bridgehead atoms. The van der Waals surface area contributed by atoms with E-state index in [0.717, 1.165) is 18.4 Å². The van der Waals surface area contributed by atoms with Crippen molar-refractivity contribution < 1.29 is 13.5 Å². The topological polar surface area (TPSA) is 41.1 Å². The van der Waals surface area contributed by atoms with Gasteiger partial charge in [-0.1, -0.05) is 0 Å². The predicted molar refractivity (Wildman–Crippen MR) is 70.1 cm³/mol. The van der Waals surface area contributed by atoms with E-state index in [-0.39, 0.29) is 6.04 Å². The molecule has 3 rings (SSSR count). The van der Waals surface area contributed by atoms with Crippen molar-refractivity contribution in [2.24, 2.45) is 0 Å². The first-order chi connectivity index (χ1) is 9.65. The first-order valence-corrected chi connectivity index (χ1v) is 6.43. The maximum Gasteiger partial charge on any atom is 0.135 e. The van der Waals surface area contributed by atoms with Crippen LogP contribution in [0.2, 0.25) is 0 Å². The summed E-state index contributed by atoms with van der Waals surface area (Å²) in [5.41, 5.74) is 0.848. The molecule has 0 spiro atoms. The lowest BCUT2D eigenvalue weighted by Gasteiger charge is -2.30. The summed E-state index contributed by atoms with van der Waals surface area (Å²) in [6, 6.07) is 3.53. The van der Waals surface area contributed by atoms with E-state index in [2.05, 4.69) is 14.9 Å². The molecule has 1 N–H and O–H groups in total. The number of hydrogen-bond acceptors (Lipinski definition) is 3. The molecule has 0 amide bonds. The third-order valence-electron chi connectivity index (χ3n) is 3.53. The number of hydrogen-bond donors (Lipinski definition) is 1. The Bertz CT molecular complexity index is 614. The fourth-order valence-electron chi connectivity index (χ4n) is 2.33. The van der Waals surface area contributed by atoms with Gasteiger partial charge in [0.25, 0.3) is 0 Å². The van der Waals surface area contributed by atoms with E-state index < -0.39 is 11.6 Å². The molecule has 0 unspecified atom stereocenters. The van der Waals surface area contributed by atoms with Crippen LogP contribution in [0.15, 0.2) is 24.4 Å². The fraction of sp³-hybridized carbons (Fsp3) is 0.357. The maximum absolute atomic E-state index is 13.7. The minimum atomic E-state index is -0.603. The third kappa shape index (κ3) is 2.44. The molecule has 1 aromatic carbocycles. The van der Waals surface area contributed by atoms with Crippen LogP contribution in [0.3, 0.4) is 0 Å². The standard InChI is InChI=1S/C14H15F2N3O/c1-19-4-5-20-8-13(19)14-17-7-12(18-14)10-3-2-9(15)6-11(10)16/h2-3,6-7,13H,4-5,8H2,1H3,(H,17,18)/t13-/m0/s1. The molecule has 6 heteroatoms. The summed E-state index contributed by atoms with van der Waals surface area (Å²) in [5.74, 6) is -0.467. The summed E-state index contributed by atoms with van der Waals surface area (Å²) in [6.45, 7) is 2.08. The SMILES string of the molecule is CN1CCOC[C@H]1c1ncc(-c2ccc(F)cc2F)[nH]1. The van der Waals surface area contributed by atoms with Crippen LogP contribution in [0.4, 0.5) is 8.78 Å². The Balaban J connectivity index is 1.89. The summed E-state index contributed by atoms with van der Waals surface area (Å²) in [6.07, 6.45) is 1.56. The highest BCUT2D eigenvalue weighted by Gasteiger charge is 2.24. The van der Waals surface area contributed by atoms with E-state index in [9.17, 15) is 8.78 Å². The van der Waals surface area contributed by atoms with Crippen LogP contribution in [-0.2, 0) is 4.74 Å². The molecule has 1 aliphatic heterocycles. The smallest absolute Gasteiger partial charge is 0.135 e. The van der Waals surface area contributed by atoms with Crippen molar-refractivity contribution in [3.8, 4) is 11.3 Å².